The van der Waals surface area contributed by atoms with Crippen molar-refractivity contribution in [1.82, 2.24) is 5.32 Å². The van der Waals surface area contributed by atoms with Gasteiger partial charge in [-0.05, 0) is 40.6 Å². The molecule has 0 aliphatic carbocycles. The first-order valence-electron chi connectivity index (χ1n) is 11.2. The second-order valence-electron chi connectivity index (χ2n) is 8.49. The number of hydrogen-bond acceptors (Lipinski definition) is 3. The highest BCUT2D eigenvalue weighted by atomic mass is 32.2. The van der Waals surface area contributed by atoms with Crippen molar-refractivity contribution in [3.63, 3.8) is 0 Å². The molecule has 0 spiro atoms. The lowest BCUT2D eigenvalue weighted by atomic mass is 10.0. The minimum atomic E-state index is -3.52. The molecule has 1 amide bonds. The molecule has 0 heterocycles. The molecule has 0 unspecified atom stereocenters. The first kappa shape index (κ1) is 23.5. The van der Waals surface area contributed by atoms with Crippen molar-refractivity contribution in [2.24, 2.45) is 0 Å². The van der Waals surface area contributed by atoms with Crippen LogP contribution in [0, 0.1) is 0 Å². The van der Waals surface area contributed by atoms with Crippen molar-refractivity contribution in [3.8, 4) is 0 Å². The molecule has 0 bridgehead atoms. The minimum Gasteiger partial charge on any atom is -0.351 e. The number of carbonyl (C=O) groups excluding carboxylic acids is 1. The fraction of sp³-hybridized carbons (Fsp3) is 0.179. The van der Waals surface area contributed by atoms with Crippen LogP contribution in [-0.4, -0.2) is 27.1 Å². The van der Waals surface area contributed by atoms with Gasteiger partial charge in [-0.25, -0.2) is 8.42 Å². The van der Waals surface area contributed by atoms with Gasteiger partial charge in [-0.2, -0.15) is 0 Å². The smallest absolute Gasteiger partial charge is 0.251 e. The molecule has 1 atom stereocenters. The van der Waals surface area contributed by atoms with Gasteiger partial charge in [0.25, 0.3) is 5.91 Å². The highest BCUT2D eigenvalue weighted by Crippen LogP contribution is 2.29. The summed E-state index contributed by atoms with van der Waals surface area (Å²) in [6.07, 6.45) is 1.21. The van der Waals surface area contributed by atoms with Crippen LogP contribution in [0.25, 0.3) is 10.8 Å². The Morgan fingerprint density at radius 3 is 2.21 bits per heavy atom. The zero-order chi connectivity index (χ0) is 24.1. The molecule has 0 aliphatic heterocycles. The highest BCUT2D eigenvalue weighted by molar-refractivity contribution is 7.92. The summed E-state index contributed by atoms with van der Waals surface area (Å²) in [5.74, 6) is 0.0526. The van der Waals surface area contributed by atoms with E-state index in [4.69, 9.17) is 0 Å². The van der Waals surface area contributed by atoms with Gasteiger partial charge < -0.3 is 5.32 Å². The van der Waals surface area contributed by atoms with E-state index in [1.807, 2.05) is 60.7 Å². The number of fused-ring (bicyclic) bond motifs is 1. The Kier molecular flexibility index (Phi) is 6.98. The molecule has 1 N–H and O–H groups in total. The third-order valence-electron chi connectivity index (χ3n) is 5.92. The maximum absolute atomic E-state index is 12.7. The summed E-state index contributed by atoms with van der Waals surface area (Å²) in [5.41, 5.74) is 3.15. The molecule has 4 aromatic rings. The number of carbonyl (C=O) groups is 1. The maximum Gasteiger partial charge on any atom is 0.251 e. The van der Waals surface area contributed by atoms with E-state index in [0.717, 1.165) is 16.3 Å². The Hall–Kier alpha value is -3.64. The number of hydrogen-bond donors (Lipinski definition) is 1. The van der Waals surface area contributed by atoms with Crippen molar-refractivity contribution in [3.05, 3.63) is 114 Å². The van der Waals surface area contributed by atoms with E-state index in [1.54, 1.807) is 24.3 Å². The Bertz CT molecular complexity index is 1380. The van der Waals surface area contributed by atoms with E-state index >= 15 is 0 Å². The summed E-state index contributed by atoms with van der Waals surface area (Å²) in [4.78, 5) is 12.6. The van der Waals surface area contributed by atoms with Crippen LogP contribution >= 0.6 is 0 Å². The van der Waals surface area contributed by atoms with Crippen molar-refractivity contribution < 1.29 is 13.2 Å². The molecule has 6 heteroatoms. The number of amides is 1. The van der Waals surface area contributed by atoms with Gasteiger partial charge in [0, 0.05) is 17.5 Å². The summed E-state index contributed by atoms with van der Waals surface area (Å²) in [7, 11) is -3.52. The summed E-state index contributed by atoms with van der Waals surface area (Å²) >= 11 is 0. The largest absolute Gasteiger partial charge is 0.351 e. The summed E-state index contributed by atoms with van der Waals surface area (Å²) in [5, 5.41) is 4.83. The third-order valence-corrected chi connectivity index (χ3v) is 7.04. The summed E-state index contributed by atoms with van der Waals surface area (Å²) in [6.45, 7) is 2.79. The van der Waals surface area contributed by atoms with Gasteiger partial charge in [0.2, 0.25) is 10.0 Å². The van der Waals surface area contributed by atoms with Crippen LogP contribution in [0.4, 0.5) is 5.69 Å². The van der Waals surface area contributed by atoms with E-state index in [9.17, 15) is 13.2 Å². The molecular weight excluding hydrogens is 444 g/mol. The number of benzene rings is 4. The van der Waals surface area contributed by atoms with E-state index in [2.05, 4.69) is 24.4 Å². The van der Waals surface area contributed by atoms with Gasteiger partial charge in [0.1, 0.15) is 0 Å². The van der Waals surface area contributed by atoms with E-state index in [-0.39, 0.29) is 18.4 Å². The SMILES string of the molecule is C[C@@H](CNC(=O)c1ccc(CN(c2cccc3ccccc23)S(C)(=O)=O)cc1)c1ccccc1. The molecule has 0 saturated carbocycles. The lowest BCUT2D eigenvalue weighted by Crippen LogP contribution is -2.29. The van der Waals surface area contributed by atoms with Crippen LogP contribution in [0.5, 0.6) is 0 Å². The highest BCUT2D eigenvalue weighted by Gasteiger charge is 2.20. The minimum absolute atomic E-state index is 0.150. The molecule has 174 valence electrons. The predicted octanol–water partition coefficient (Wildman–Crippen LogP) is 5.34. The van der Waals surface area contributed by atoms with Crippen LogP contribution in [-0.2, 0) is 16.6 Å². The van der Waals surface area contributed by atoms with Gasteiger partial charge in [0.05, 0.1) is 18.5 Å². The molecule has 0 aromatic heterocycles. The molecule has 34 heavy (non-hydrogen) atoms. The number of sulfonamides is 1. The molecule has 4 aromatic carbocycles. The van der Waals surface area contributed by atoms with Crippen molar-refractivity contribution >= 4 is 32.4 Å². The van der Waals surface area contributed by atoms with Crippen molar-refractivity contribution in [2.45, 2.75) is 19.4 Å². The van der Waals surface area contributed by atoms with Gasteiger partial charge in [-0.1, -0.05) is 85.8 Å². The number of anilines is 1. The first-order chi connectivity index (χ1) is 16.3. The van der Waals surface area contributed by atoms with Gasteiger partial charge in [-0.3, -0.25) is 9.10 Å². The molecule has 0 fully saturated rings. The Morgan fingerprint density at radius 2 is 1.50 bits per heavy atom. The molecule has 4 rings (SSSR count). The second-order valence-corrected chi connectivity index (χ2v) is 10.4. The number of nitrogens with zero attached hydrogens (tertiary/aromatic N) is 1. The quantitative estimate of drug-likeness (QED) is 0.376. The Labute approximate surface area is 201 Å². The Morgan fingerprint density at radius 1 is 0.853 bits per heavy atom. The maximum atomic E-state index is 12.7. The van der Waals surface area contributed by atoms with Crippen LogP contribution in [0.15, 0.2) is 97.1 Å². The van der Waals surface area contributed by atoms with E-state index in [1.165, 1.54) is 16.1 Å². The topological polar surface area (TPSA) is 66.5 Å². The predicted molar refractivity (Wildman–Crippen MR) is 139 cm³/mol. The molecular formula is C28H28N2O3S. The molecule has 0 aliphatic rings. The van der Waals surface area contributed by atoms with Gasteiger partial charge in [-0.15, -0.1) is 0 Å². The molecule has 5 nitrogen and oxygen atoms in total. The third kappa shape index (κ3) is 5.46. The molecule has 0 radical (unpaired) electrons. The standard InChI is InChI=1S/C28H28N2O3S/c1-21(23-9-4-3-5-10-23)19-29-28(31)25-17-15-22(16-18-25)20-30(34(2,32)33)27-14-8-12-24-11-6-7-13-26(24)27/h3-18,21H,19-20H2,1-2H3,(H,29,31)/t21-/m0/s1. The average molecular weight is 473 g/mol. The summed E-state index contributed by atoms with van der Waals surface area (Å²) < 4.78 is 26.8. The summed E-state index contributed by atoms with van der Waals surface area (Å²) in [6, 6.07) is 30.5. The van der Waals surface area contributed by atoms with Crippen molar-refractivity contribution in [2.75, 3.05) is 17.1 Å². The lowest BCUT2D eigenvalue weighted by molar-refractivity contribution is 0.0951. The van der Waals surface area contributed by atoms with E-state index < -0.39 is 10.0 Å². The van der Waals surface area contributed by atoms with Crippen LogP contribution in [0.3, 0.4) is 0 Å². The lowest BCUT2D eigenvalue weighted by Gasteiger charge is -2.24. The van der Waals surface area contributed by atoms with Crippen LogP contribution in [0.1, 0.15) is 34.3 Å². The Balaban J connectivity index is 1.48. The van der Waals surface area contributed by atoms with Crippen LogP contribution < -0.4 is 9.62 Å². The van der Waals surface area contributed by atoms with Gasteiger partial charge in [0.15, 0.2) is 0 Å². The van der Waals surface area contributed by atoms with E-state index in [0.29, 0.717) is 17.8 Å². The zero-order valence-corrected chi connectivity index (χ0v) is 20.1. The number of nitrogens with one attached hydrogen (secondary N) is 1. The fourth-order valence-corrected chi connectivity index (χ4v) is 4.88. The van der Waals surface area contributed by atoms with Gasteiger partial charge >= 0.3 is 0 Å². The monoisotopic (exact) mass is 472 g/mol. The first-order valence-corrected chi connectivity index (χ1v) is 13.1. The van der Waals surface area contributed by atoms with Crippen molar-refractivity contribution in [1.29, 1.82) is 0 Å². The molecule has 0 saturated heterocycles. The van der Waals surface area contributed by atoms with Crippen LogP contribution in [0.2, 0.25) is 0 Å². The second kappa shape index (κ2) is 10.1. The average Bonchev–Trinajstić information content (AvgIpc) is 2.85. The number of rotatable bonds is 8. The zero-order valence-electron chi connectivity index (χ0n) is 19.3. The fourth-order valence-electron chi connectivity index (χ4n) is 3.98. The normalized spacial score (nSPS) is 12.3.